The van der Waals surface area contributed by atoms with E-state index in [9.17, 15) is 5.11 Å². The van der Waals surface area contributed by atoms with Gasteiger partial charge >= 0.3 is 0 Å². The van der Waals surface area contributed by atoms with Crippen LogP contribution in [0.1, 0.15) is 25.3 Å². The van der Waals surface area contributed by atoms with Gasteiger partial charge in [0.1, 0.15) is 30.1 Å². The van der Waals surface area contributed by atoms with Crippen molar-refractivity contribution >= 4 is 22.8 Å². The largest absolute Gasteiger partial charge is 0.492 e. The van der Waals surface area contributed by atoms with Crippen LogP contribution in [0.5, 0.6) is 11.6 Å². The smallest absolute Gasteiger partial charge is 0.245 e. The molecule has 1 aliphatic heterocycles. The SMILES string of the molecule is CC1(Oc2ncnc3c2nc(-c2ccc(OCCN4CC(O)C4)cc2Cl)n3Cc2ccccc2)CC1. The minimum Gasteiger partial charge on any atom is -0.492 e. The number of rotatable bonds is 9. The van der Waals surface area contributed by atoms with Crippen molar-refractivity contribution in [2.45, 2.75) is 38.0 Å². The molecule has 6 rings (SSSR count). The summed E-state index contributed by atoms with van der Waals surface area (Å²) in [5.41, 5.74) is 3.06. The standard InChI is InChI=1S/C27H28ClN5O3/c1-27(9-10-27)36-26-23-25(29-17-30-26)33(14-18-5-3-2-4-6-18)24(31-23)21-8-7-20(13-22(21)28)35-12-11-32-15-19(34)16-32/h2-8,13,17,19,34H,9-12,14-16H2,1H3. The van der Waals surface area contributed by atoms with Crippen LogP contribution in [0.15, 0.2) is 54.9 Å². The molecule has 0 atom stereocenters. The normalized spacial score (nSPS) is 17.2. The molecule has 2 aliphatic rings. The van der Waals surface area contributed by atoms with E-state index in [1.165, 1.54) is 6.33 Å². The Bertz CT molecular complexity index is 1380. The molecule has 0 radical (unpaired) electrons. The first-order valence-corrected chi connectivity index (χ1v) is 12.6. The summed E-state index contributed by atoms with van der Waals surface area (Å²) in [6, 6.07) is 15.9. The first kappa shape index (κ1) is 23.2. The van der Waals surface area contributed by atoms with Crippen LogP contribution >= 0.6 is 11.6 Å². The van der Waals surface area contributed by atoms with Crippen LogP contribution in [-0.2, 0) is 6.54 Å². The van der Waals surface area contributed by atoms with Crippen LogP contribution in [0.4, 0.5) is 0 Å². The lowest BCUT2D eigenvalue weighted by Gasteiger charge is -2.35. The number of aliphatic hydroxyl groups excluding tert-OH is 1. The lowest BCUT2D eigenvalue weighted by molar-refractivity contribution is -0.00387. The van der Waals surface area contributed by atoms with Crippen molar-refractivity contribution in [3.63, 3.8) is 0 Å². The van der Waals surface area contributed by atoms with E-state index in [0.29, 0.717) is 59.9 Å². The van der Waals surface area contributed by atoms with Crippen LogP contribution < -0.4 is 9.47 Å². The molecular weight excluding hydrogens is 478 g/mol. The molecule has 1 N–H and O–H groups in total. The van der Waals surface area contributed by atoms with Gasteiger partial charge in [0.25, 0.3) is 0 Å². The Kier molecular flexibility index (Phi) is 6.03. The van der Waals surface area contributed by atoms with Crippen molar-refractivity contribution < 1.29 is 14.6 Å². The number of halogens is 1. The zero-order valence-electron chi connectivity index (χ0n) is 20.1. The van der Waals surface area contributed by atoms with Crippen molar-refractivity contribution in [3.05, 3.63) is 65.4 Å². The zero-order chi connectivity index (χ0) is 24.7. The minimum absolute atomic E-state index is 0.185. The van der Waals surface area contributed by atoms with Gasteiger partial charge in [0.15, 0.2) is 11.2 Å². The Morgan fingerprint density at radius 1 is 1.11 bits per heavy atom. The minimum atomic E-state index is -0.211. The summed E-state index contributed by atoms with van der Waals surface area (Å²) >= 11 is 6.78. The number of hydrogen-bond acceptors (Lipinski definition) is 7. The fourth-order valence-electron chi connectivity index (χ4n) is 4.41. The van der Waals surface area contributed by atoms with Gasteiger partial charge in [-0.2, -0.15) is 4.98 Å². The van der Waals surface area contributed by atoms with Gasteiger partial charge in [-0.25, -0.2) is 9.97 Å². The monoisotopic (exact) mass is 505 g/mol. The van der Waals surface area contributed by atoms with Gasteiger partial charge in [-0.3, -0.25) is 4.90 Å². The summed E-state index contributed by atoms with van der Waals surface area (Å²) in [5.74, 6) is 1.90. The fraction of sp³-hybridized carbons (Fsp3) is 0.370. The van der Waals surface area contributed by atoms with E-state index in [1.54, 1.807) is 0 Å². The number of β-amino-alcohol motifs (C(OH)–C–C–N with tert-alkyl or cyclic N) is 1. The molecule has 1 aliphatic carbocycles. The predicted octanol–water partition coefficient (Wildman–Crippen LogP) is 4.18. The zero-order valence-corrected chi connectivity index (χ0v) is 20.9. The number of aliphatic hydroxyl groups is 1. The Balaban J connectivity index is 1.33. The molecule has 4 aromatic rings. The molecule has 0 spiro atoms. The van der Waals surface area contributed by atoms with E-state index in [2.05, 4.69) is 38.5 Å². The molecule has 8 nitrogen and oxygen atoms in total. The number of benzene rings is 2. The third-order valence-corrected chi connectivity index (χ3v) is 7.09. The summed E-state index contributed by atoms with van der Waals surface area (Å²) < 4.78 is 14.2. The molecule has 2 aromatic heterocycles. The second-order valence-corrected chi connectivity index (χ2v) is 10.2. The van der Waals surface area contributed by atoms with E-state index in [0.717, 1.165) is 30.5 Å². The lowest BCUT2D eigenvalue weighted by Crippen LogP contribution is -2.51. The maximum Gasteiger partial charge on any atom is 0.245 e. The summed E-state index contributed by atoms with van der Waals surface area (Å²) in [5, 5.41) is 9.97. The van der Waals surface area contributed by atoms with Crippen LogP contribution in [0, 0.1) is 0 Å². The Labute approximate surface area is 214 Å². The fourth-order valence-corrected chi connectivity index (χ4v) is 4.66. The Morgan fingerprint density at radius 2 is 1.92 bits per heavy atom. The van der Waals surface area contributed by atoms with Crippen molar-refractivity contribution in [2.75, 3.05) is 26.2 Å². The Hall–Kier alpha value is -3.20. The van der Waals surface area contributed by atoms with Crippen molar-refractivity contribution in [1.82, 2.24) is 24.4 Å². The van der Waals surface area contributed by atoms with Gasteiger partial charge in [0.05, 0.1) is 17.7 Å². The molecule has 2 fully saturated rings. The molecule has 1 saturated heterocycles. The quantitative estimate of drug-likeness (QED) is 0.365. The number of fused-ring (bicyclic) bond motifs is 1. The van der Waals surface area contributed by atoms with Gasteiger partial charge in [-0.15, -0.1) is 0 Å². The van der Waals surface area contributed by atoms with Gasteiger partial charge in [0, 0.05) is 25.2 Å². The predicted molar refractivity (Wildman–Crippen MR) is 138 cm³/mol. The summed E-state index contributed by atoms with van der Waals surface area (Å²) in [4.78, 5) is 16.1. The molecular formula is C27H28ClN5O3. The average molecular weight is 506 g/mol. The molecule has 0 amide bonds. The molecule has 36 heavy (non-hydrogen) atoms. The average Bonchev–Trinajstić information content (AvgIpc) is 3.47. The van der Waals surface area contributed by atoms with Crippen LogP contribution in [-0.4, -0.2) is 67.5 Å². The van der Waals surface area contributed by atoms with E-state index < -0.39 is 0 Å². The van der Waals surface area contributed by atoms with Crippen molar-refractivity contribution in [1.29, 1.82) is 0 Å². The van der Waals surface area contributed by atoms with Gasteiger partial charge in [-0.1, -0.05) is 41.9 Å². The molecule has 2 aromatic carbocycles. The molecule has 9 heteroatoms. The van der Waals surface area contributed by atoms with E-state index in [1.807, 2.05) is 36.4 Å². The molecule has 186 valence electrons. The maximum absolute atomic E-state index is 9.43. The second kappa shape index (κ2) is 9.35. The van der Waals surface area contributed by atoms with E-state index >= 15 is 0 Å². The van der Waals surface area contributed by atoms with Gasteiger partial charge in [-0.05, 0) is 43.5 Å². The summed E-state index contributed by atoms with van der Waals surface area (Å²) in [6.07, 6.45) is 3.33. The third-order valence-electron chi connectivity index (χ3n) is 6.77. The van der Waals surface area contributed by atoms with Crippen LogP contribution in [0.3, 0.4) is 0 Å². The summed E-state index contributed by atoms with van der Waals surface area (Å²) in [6.45, 7) is 5.37. The van der Waals surface area contributed by atoms with Crippen molar-refractivity contribution in [2.24, 2.45) is 0 Å². The number of likely N-dealkylation sites (tertiary alicyclic amines) is 1. The number of hydrogen-bond donors (Lipinski definition) is 1. The number of ether oxygens (including phenoxy) is 2. The Morgan fingerprint density at radius 3 is 2.64 bits per heavy atom. The molecule has 3 heterocycles. The summed E-state index contributed by atoms with van der Waals surface area (Å²) in [7, 11) is 0. The highest BCUT2D eigenvalue weighted by Gasteiger charge is 2.41. The number of imidazole rings is 1. The van der Waals surface area contributed by atoms with Crippen LogP contribution in [0.2, 0.25) is 5.02 Å². The first-order chi connectivity index (χ1) is 17.5. The van der Waals surface area contributed by atoms with E-state index in [-0.39, 0.29) is 11.7 Å². The molecule has 0 bridgehead atoms. The van der Waals surface area contributed by atoms with E-state index in [4.69, 9.17) is 26.1 Å². The van der Waals surface area contributed by atoms with Gasteiger partial charge < -0.3 is 19.1 Å². The lowest BCUT2D eigenvalue weighted by atomic mass is 10.2. The van der Waals surface area contributed by atoms with Crippen molar-refractivity contribution in [3.8, 4) is 23.0 Å². The number of nitrogens with zero attached hydrogens (tertiary/aromatic N) is 5. The van der Waals surface area contributed by atoms with Crippen LogP contribution in [0.25, 0.3) is 22.6 Å². The maximum atomic E-state index is 9.43. The highest BCUT2D eigenvalue weighted by atomic mass is 35.5. The highest BCUT2D eigenvalue weighted by molar-refractivity contribution is 6.33. The van der Waals surface area contributed by atoms with Gasteiger partial charge in [0.2, 0.25) is 5.88 Å². The molecule has 1 saturated carbocycles. The third kappa shape index (κ3) is 4.76. The molecule has 0 unspecified atom stereocenters. The topological polar surface area (TPSA) is 85.5 Å². The first-order valence-electron chi connectivity index (χ1n) is 12.2. The second-order valence-electron chi connectivity index (χ2n) is 9.81. The number of aromatic nitrogens is 4. The highest BCUT2D eigenvalue weighted by Crippen LogP contribution is 2.41.